The van der Waals surface area contributed by atoms with E-state index in [0.29, 0.717) is 18.1 Å². The van der Waals surface area contributed by atoms with Gasteiger partial charge in [-0.1, -0.05) is 29.8 Å². The molecule has 0 radical (unpaired) electrons. The molecule has 1 aromatic rings. The Morgan fingerprint density at radius 3 is 2.43 bits per heavy atom. The van der Waals surface area contributed by atoms with Gasteiger partial charge in [-0.05, 0) is 57.1 Å². The highest BCUT2D eigenvalue weighted by Gasteiger charge is 2.41. The van der Waals surface area contributed by atoms with E-state index in [1.165, 1.54) is 0 Å². The van der Waals surface area contributed by atoms with Crippen LogP contribution in [0.25, 0.3) is 0 Å². The van der Waals surface area contributed by atoms with E-state index in [4.69, 9.17) is 20.8 Å². The molecule has 3 nitrogen and oxygen atoms in total. The lowest BCUT2D eigenvalue weighted by molar-refractivity contribution is -0.116. The van der Waals surface area contributed by atoms with Crippen LogP contribution in [0.15, 0.2) is 41.4 Å². The normalized spacial score (nSPS) is 21.4. The minimum atomic E-state index is -1.76. The van der Waals surface area contributed by atoms with Crippen LogP contribution in [0.4, 0.5) is 0 Å². The molecule has 0 amide bonds. The van der Waals surface area contributed by atoms with Gasteiger partial charge in [-0.15, -0.1) is 0 Å². The van der Waals surface area contributed by atoms with Gasteiger partial charge in [-0.25, -0.2) is 0 Å². The number of ketones is 1. The zero-order valence-corrected chi connectivity index (χ0v) is 15.9. The largest absolute Gasteiger partial charge is 0.494 e. The van der Waals surface area contributed by atoms with Gasteiger partial charge >= 0.3 is 0 Å². The van der Waals surface area contributed by atoms with Crippen LogP contribution in [-0.4, -0.2) is 26.3 Å². The first kappa shape index (κ1) is 18.2. The zero-order valence-electron chi connectivity index (χ0n) is 14.1. The van der Waals surface area contributed by atoms with E-state index in [1.54, 1.807) is 0 Å². The number of hydrogen-bond donors (Lipinski definition) is 0. The van der Waals surface area contributed by atoms with Crippen molar-refractivity contribution in [2.75, 3.05) is 6.61 Å². The molecule has 1 atom stereocenters. The van der Waals surface area contributed by atoms with E-state index in [1.807, 2.05) is 36.4 Å². The Bertz CT molecular complexity index is 565. The van der Waals surface area contributed by atoms with E-state index in [9.17, 15) is 4.79 Å². The van der Waals surface area contributed by atoms with E-state index in [-0.39, 0.29) is 5.78 Å². The van der Waals surface area contributed by atoms with E-state index in [2.05, 4.69) is 19.6 Å². The van der Waals surface area contributed by atoms with E-state index in [0.717, 1.165) is 25.0 Å². The summed E-state index contributed by atoms with van der Waals surface area (Å²) < 4.78 is 12.0. The highest BCUT2D eigenvalue weighted by atomic mass is 35.5. The summed E-state index contributed by atoms with van der Waals surface area (Å²) in [5.74, 6) is 0.880. The fraction of sp³-hybridized carbons (Fsp3) is 0.500. The van der Waals surface area contributed by atoms with Gasteiger partial charge in [0.25, 0.3) is 0 Å². The molecular weight excluding hydrogens is 328 g/mol. The van der Waals surface area contributed by atoms with Crippen molar-refractivity contribution < 1.29 is 14.0 Å². The molecule has 0 saturated carbocycles. The monoisotopic (exact) mass is 352 g/mol. The molecule has 5 heteroatoms. The second-order valence-corrected chi connectivity index (χ2v) is 11.8. The van der Waals surface area contributed by atoms with Gasteiger partial charge in [0.15, 0.2) is 14.1 Å². The van der Waals surface area contributed by atoms with Crippen molar-refractivity contribution in [3.05, 3.63) is 41.4 Å². The number of hydrogen-bond acceptors (Lipinski definition) is 3. The molecule has 0 aromatic heterocycles. The van der Waals surface area contributed by atoms with Crippen molar-refractivity contribution in [3.63, 3.8) is 0 Å². The summed E-state index contributed by atoms with van der Waals surface area (Å²) in [7, 11) is -1.76. The third-order valence-electron chi connectivity index (χ3n) is 3.63. The summed E-state index contributed by atoms with van der Waals surface area (Å²) in [5.41, 5.74) is -0.509. The number of allylic oxidation sites excluding steroid dienone is 1. The zero-order chi connectivity index (χ0) is 16.9. The second-order valence-electron chi connectivity index (χ2n) is 6.99. The number of benzene rings is 1. The van der Waals surface area contributed by atoms with Gasteiger partial charge < -0.3 is 9.16 Å². The third kappa shape index (κ3) is 5.79. The quantitative estimate of drug-likeness (QED) is 0.492. The lowest BCUT2D eigenvalue weighted by atomic mass is 9.96. The number of carbonyl (C=O) groups excluding carboxylic acids is 1. The number of ether oxygens (including phenoxy) is 1. The highest BCUT2D eigenvalue weighted by molar-refractivity contribution is 6.69. The minimum Gasteiger partial charge on any atom is -0.494 e. The smallest absolute Gasteiger partial charge is 0.184 e. The van der Waals surface area contributed by atoms with Gasteiger partial charge in [0, 0.05) is 6.42 Å². The maximum atomic E-state index is 11.9. The SMILES string of the molecule is C[Si](C)(C)OC1(CCCCOc2ccccc2)C=C(Cl)C(=O)C1. The maximum absolute atomic E-state index is 11.9. The Morgan fingerprint density at radius 1 is 1.17 bits per heavy atom. The number of rotatable bonds is 8. The lowest BCUT2D eigenvalue weighted by Gasteiger charge is -2.34. The first-order valence-corrected chi connectivity index (χ1v) is 11.9. The summed E-state index contributed by atoms with van der Waals surface area (Å²) in [6, 6.07) is 9.80. The summed E-state index contributed by atoms with van der Waals surface area (Å²) in [4.78, 5) is 11.9. The molecule has 126 valence electrons. The third-order valence-corrected chi connectivity index (χ3v) is 4.97. The summed E-state index contributed by atoms with van der Waals surface area (Å²) in [6.45, 7) is 7.08. The fourth-order valence-corrected chi connectivity index (χ4v) is 4.56. The van der Waals surface area contributed by atoms with Crippen LogP contribution in [0.3, 0.4) is 0 Å². The highest BCUT2D eigenvalue weighted by Crippen LogP contribution is 2.37. The van der Waals surface area contributed by atoms with Crippen molar-refractivity contribution in [3.8, 4) is 5.75 Å². The molecule has 1 unspecified atom stereocenters. The molecular formula is C18H25ClO3Si. The fourth-order valence-electron chi connectivity index (χ4n) is 2.84. The van der Waals surface area contributed by atoms with Crippen molar-refractivity contribution in [1.82, 2.24) is 0 Å². The topological polar surface area (TPSA) is 35.5 Å². The Labute approximate surface area is 144 Å². The van der Waals surface area contributed by atoms with Gasteiger partial charge in [-0.2, -0.15) is 0 Å². The van der Waals surface area contributed by atoms with Gasteiger partial charge in [0.1, 0.15) is 5.75 Å². The van der Waals surface area contributed by atoms with Crippen molar-refractivity contribution in [2.24, 2.45) is 0 Å². The van der Waals surface area contributed by atoms with Gasteiger partial charge in [-0.3, -0.25) is 4.79 Å². The number of unbranched alkanes of at least 4 members (excludes halogenated alkanes) is 1. The first-order valence-electron chi connectivity index (χ1n) is 8.09. The average Bonchev–Trinajstić information content (AvgIpc) is 2.72. The molecule has 0 saturated heterocycles. The molecule has 0 fully saturated rings. The van der Waals surface area contributed by atoms with Crippen LogP contribution < -0.4 is 4.74 Å². The molecule has 0 aliphatic heterocycles. The summed E-state index contributed by atoms with van der Waals surface area (Å²) >= 11 is 6.02. The molecule has 0 bridgehead atoms. The van der Waals surface area contributed by atoms with Gasteiger partial charge in [0.2, 0.25) is 0 Å². The first-order chi connectivity index (χ1) is 10.8. The molecule has 23 heavy (non-hydrogen) atoms. The van der Waals surface area contributed by atoms with Crippen LogP contribution in [0.1, 0.15) is 25.7 Å². The van der Waals surface area contributed by atoms with Gasteiger partial charge in [0.05, 0.1) is 17.2 Å². The molecule has 2 rings (SSSR count). The van der Waals surface area contributed by atoms with E-state index >= 15 is 0 Å². The van der Waals surface area contributed by atoms with Crippen LogP contribution in [0.2, 0.25) is 19.6 Å². The average molecular weight is 353 g/mol. The predicted molar refractivity (Wildman–Crippen MR) is 96.5 cm³/mol. The van der Waals surface area contributed by atoms with E-state index < -0.39 is 13.9 Å². The molecule has 1 aromatic carbocycles. The Balaban J connectivity index is 1.84. The Hall–Kier alpha value is -1.10. The number of carbonyl (C=O) groups is 1. The van der Waals surface area contributed by atoms with Crippen LogP contribution in [-0.2, 0) is 9.22 Å². The second kappa shape index (κ2) is 7.64. The van der Waals surface area contributed by atoms with Crippen LogP contribution in [0, 0.1) is 0 Å². The van der Waals surface area contributed by atoms with Crippen LogP contribution >= 0.6 is 11.6 Å². The summed E-state index contributed by atoms with van der Waals surface area (Å²) in [5, 5.41) is 0.323. The minimum absolute atomic E-state index is 0.00884. The predicted octanol–water partition coefficient (Wildman–Crippen LogP) is 4.92. The molecule has 1 aliphatic rings. The van der Waals surface area contributed by atoms with Crippen LogP contribution in [0.5, 0.6) is 5.75 Å². The van der Waals surface area contributed by atoms with Crippen molar-refractivity contribution >= 4 is 25.7 Å². The number of halogens is 1. The Morgan fingerprint density at radius 2 is 1.87 bits per heavy atom. The molecule has 0 spiro atoms. The maximum Gasteiger partial charge on any atom is 0.184 e. The molecule has 0 N–H and O–H groups in total. The Kier molecular flexibility index (Phi) is 6.06. The molecule has 1 aliphatic carbocycles. The number of para-hydroxylation sites is 1. The van der Waals surface area contributed by atoms with Crippen molar-refractivity contribution in [1.29, 1.82) is 0 Å². The summed E-state index contributed by atoms with van der Waals surface area (Å²) in [6.07, 6.45) is 4.86. The number of Topliss-reactive ketones (excluding diaryl/α,β-unsaturated/α-hetero) is 1. The molecule has 0 heterocycles. The van der Waals surface area contributed by atoms with Crippen molar-refractivity contribution in [2.45, 2.75) is 50.9 Å². The lowest BCUT2D eigenvalue weighted by Crippen LogP contribution is -2.40. The standard InChI is InChI=1S/C18H25ClO3Si/c1-23(2,3)22-18(13-16(19)17(20)14-18)11-7-8-12-21-15-9-5-4-6-10-15/h4-6,9-10,13H,7-8,11-12,14H2,1-3H3.